The molecule has 1 aromatic heterocycles. The molecule has 0 aromatic carbocycles. The van der Waals surface area contributed by atoms with Crippen molar-refractivity contribution in [1.29, 1.82) is 0 Å². The fourth-order valence-corrected chi connectivity index (χ4v) is 0.723. The topological polar surface area (TPSA) is 33.1 Å². The van der Waals surface area contributed by atoms with Gasteiger partial charge < -0.3 is 18.1 Å². The van der Waals surface area contributed by atoms with Crippen LogP contribution in [-0.2, 0) is 6.61 Å². The third kappa shape index (κ3) is 4.09. The zero-order valence-corrected chi connectivity index (χ0v) is 10.2. The van der Waals surface area contributed by atoms with Crippen LogP contribution in [0.5, 0.6) is 0 Å². The van der Waals surface area contributed by atoms with Crippen molar-refractivity contribution in [2.24, 2.45) is 0 Å². The second kappa shape index (κ2) is 5.47. The van der Waals surface area contributed by atoms with Crippen molar-refractivity contribution in [2.75, 3.05) is 0 Å². The fourth-order valence-electron chi connectivity index (χ4n) is 0.723. The van der Waals surface area contributed by atoms with Crippen LogP contribution in [0.25, 0.3) is 0 Å². The minimum Gasteiger partial charge on any atom is -0.444 e. The van der Waals surface area contributed by atoms with Crippen LogP contribution in [0.4, 0.5) is 12.9 Å². The van der Waals surface area contributed by atoms with E-state index >= 15 is 0 Å². The number of pyridine rings is 1. The normalized spacial score (nSPS) is 10.8. The number of hydrogen-bond acceptors (Lipinski definition) is 2. The van der Waals surface area contributed by atoms with E-state index in [4.69, 9.17) is 5.11 Å². The average molecular weight is 215 g/mol. The van der Waals surface area contributed by atoms with E-state index in [0.29, 0.717) is 5.56 Å². The molecule has 1 aromatic rings. The van der Waals surface area contributed by atoms with Gasteiger partial charge in [0, 0.05) is 6.20 Å². The molecule has 2 nitrogen and oxygen atoms in total. The Morgan fingerprint density at radius 3 is 2.23 bits per heavy atom. The Hall–Kier alpha value is 0.601. The Balaban J connectivity index is 0.00000144. The van der Waals surface area contributed by atoms with Crippen molar-refractivity contribution in [1.82, 2.24) is 4.98 Å². The van der Waals surface area contributed by atoms with Gasteiger partial charge in [-0.25, -0.2) is 0 Å². The summed E-state index contributed by atoms with van der Waals surface area (Å²) in [6.45, 7) is -5.31. The molecule has 0 saturated heterocycles. The third-order valence-electron chi connectivity index (χ3n) is 1.37. The van der Waals surface area contributed by atoms with Gasteiger partial charge in [-0.05, 0) is 11.2 Å². The Bertz CT molecular complexity index is 264. The van der Waals surface area contributed by atoms with E-state index in [-0.39, 0.29) is 58.0 Å². The van der Waals surface area contributed by atoms with E-state index in [1.807, 2.05) is 0 Å². The number of aromatic nitrogens is 1. The van der Waals surface area contributed by atoms with Crippen LogP contribution >= 0.6 is 0 Å². The van der Waals surface area contributed by atoms with Crippen molar-refractivity contribution in [3.63, 3.8) is 0 Å². The van der Waals surface area contributed by atoms with Crippen LogP contribution in [0.1, 0.15) is 5.56 Å². The molecule has 0 aliphatic heterocycles. The Morgan fingerprint density at radius 1 is 1.31 bits per heavy atom. The Labute approximate surface area is 116 Å². The molecule has 0 fully saturated rings. The maximum Gasteiger partial charge on any atom is 1.00 e. The molecule has 66 valence electrons. The van der Waals surface area contributed by atoms with Gasteiger partial charge in [-0.3, -0.25) is 4.98 Å². The number of hydrogen-bond donors (Lipinski definition) is 1. The van der Waals surface area contributed by atoms with E-state index in [1.54, 1.807) is 0 Å². The smallest absolute Gasteiger partial charge is 0.444 e. The summed E-state index contributed by atoms with van der Waals surface area (Å²) in [5, 5.41) is 8.52. The molecule has 0 bridgehead atoms. The van der Waals surface area contributed by atoms with E-state index in [9.17, 15) is 12.9 Å². The molecule has 7 heteroatoms. The van der Waals surface area contributed by atoms with Gasteiger partial charge in [0.25, 0.3) is 0 Å². The van der Waals surface area contributed by atoms with Crippen LogP contribution in [0.2, 0.25) is 0 Å². The molecule has 0 saturated carbocycles. The molecular weight excluding hydrogens is 209 g/mol. The summed E-state index contributed by atoms with van der Waals surface area (Å²) in [7, 11) is 0. The first-order valence-corrected chi connectivity index (χ1v) is 3.29. The minimum atomic E-state index is -5.02. The van der Waals surface area contributed by atoms with Gasteiger partial charge in [-0.2, -0.15) is 0 Å². The monoisotopic (exact) mass is 215 g/mol. The number of rotatable bonds is 2. The number of aliphatic hydroxyl groups is 1. The second-order valence-electron chi connectivity index (χ2n) is 2.32. The Morgan fingerprint density at radius 2 is 1.92 bits per heavy atom. The van der Waals surface area contributed by atoms with Gasteiger partial charge in [0.2, 0.25) is 0 Å². The average Bonchev–Trinajstić information content (AvgIpc) is 2.03. The summed E-state index contributed by atoms with van der Waals surface area (Å²) in [6, 6.07) is 2.07. The van der Waals surface area contributed by atoms with Crippen molar-refractivity contribution in [2.45, 2.75) is 6.61 Å². The Kier molecular flexibility index (Phi) is 5.73. The molecule has 0 unspecified atom stereocenters. The van der Waals surface area contributed by atoms with Crippen LogP contribution < -0.4 is 57.0 Å². The first kappa shape index (κ1) is 13.6. The van der Waals surface area contributed by atoms with Gasteiger partial charge >= 0.3 is 58.4 Å². The third-order valence-corrected chi connectivity index (χ3v) is 1.37. The number of halogens is 3. The van der Waals surface area contributed by atoms with Gasteiger partial charge in [0.15, 0.2) is 0 Å². The summed E-state index contributed by atoms with van der Waals surface area (Å²) < 4.78 is 35.9. The predicted molar refractivity (Wildman–Crippen MR) is 38.9 cm³/mol. The van der Waals surface area contributed by atoms with Gasteiger partial charge in [0.05, 0.1) is 6.61 Å². The van der Waals surface area contributed by atoms with Crippen LogP contribution in [-0.4, -0.2) is 17.1 Å². The van der Waals surface area contributed by atoms with Gasteiger partial charge in [-0.1, -0.05) is 12.1 Å². The van der Waals surface area contributed by atoms with Crippen LogP contribution in [0, 0.1) is 0 Å². The SMILES string of the molecule is OCc1ccc([B-](F)(F)F)nc1.[K+]. The fraction of sp³-hybridized carbons (Fsp3) is 0.167. The molecule has 0 atom stereocenters. The molecule has 0 spiro atoms. The van der Waals surface area contributed by atoms with Crippen molar-refractivity contribution >= 4 is 12.6 Å². The molecule has 1 N–H and O–H groups in total. The molecule has 0 aliphatic carbocycles. The van der Waals surface area contributed by atoms with Crippen molar-refractivity contribution in [3.05, 3.63) is 23.9 Å². The summed E-state index contributed by atoms with van der Waals surface area (Å²) in [4.78, 5) is 3.16. The maximum absolute atomic E-state index is 12.0. The first-order chi connectivity index (χ1) is 5.54. The summed E-state index contributed by atoms with van der Waals surface area (Å²) in [6.07, 6.45) is 1.02. The molecule has 0 aliphatic rings. The van der Waals surface area contributed by atoms with Crippen LogP contribution in [0.15, 0.2) is 18.3 Å². The van der Waals surface area contributed by atoms with Crippen LogP contribution in [0.3, 0.4) is 0 Å². The first-order valence-electron chi connectivity index (χ1n) is 3.29. The number of nitrogens with zero attached hydrogens (tertiary/aromatic N) is 1. The minimum absolute atomic E-state index is 0. The molecule has 13 heavy (non-hydrogen) atoms. The second-order valence-corrected chi connectivity index (χ2v) is 2.32. The van der Waals surface area contributed by atoms with Gasteiger partial charge in [0.1, 0.15) is 0 Å². The van der Waals surface area contributed by atoms with E-state index in [0.717, 1.165) is 12.3 Å². The van der Waals surface area contributed by atoms with Gasteiger partial charge in [-0.15, -0.1) is 0 Å². The summed E-state index contributed by atoms with van der Waals surface area (Å²) in [5.74, 6) is 0. The molecule has 1 heterocycles. The van der Waals surface area contributed by atoms with E-state index in [1.165, 1.54) is 6.07 Å². The van der Waals surface area contributed by atoms with E-state index in [2.05, 4.69) is 4.98 Å². The van der Waals surface area contributed by atoms with Crippen molar-refractivity contribution < 1.29 is 69.4 Å². The largest absolute Gasteiger partial charge is 1.00 e. The van der Waals surface area contributed by atoms with Crippen molar-refractivity contribution in [3.8, 4) is 0 Å². The zero-order chi connectivity index (χ0) is 9.19. The molecular formula is C6H6BF3KNO. The summed E-state index contributed by atoms with van der Waals surface area (Å²) in [5.41, 5.74) is -0.508. The maximum atomic E-state index is 12.0. The standard InChI is InChI=1S/C6H6BF3NO.K/c8-7(9,10)6-2-1-5(4-12)3-11-6;/h1-3,12H,4H2;/q-1;+1. The molecule has 0 radical (unpaired) electrons. The molecule has 1 rings (SSSR count). The number of aliphatic hydroxyl groups excluding tert-OH is 1. The predicted octanol–water partition coefficient (Wildman–Crippen LogP) is -2.37. The molecule has 0 amide bonds. The van der Waals surface area contributed by atoms with E-state index < -0.39 is 12.6 Å². The summed E-state index contributed by atoms with van der Waals surface area (Å²) >= 11 is 0. The quantitative estimate of drug-likeness (QED) is 0.559. The zero-order valence-electron chi connectivity index (χ0n) is 7.04.